The molecule has 0 atom stereocenters. The van der Waals surface area contributed by atoms with E-state index in [0.717, 1.165) is 6.42 Å². The van der Waals surface area contributed by atoms with Gasteiger partial charge in [-0.2, -0.15) is 0 Å². The molecule has 0 rings (SSSR count). The van der Waals surface area contributed by atoms with E-state index in [-0.39, 0.29) is 16.5 Å². The van der Waals surface area contributed by atoms with E-state index in [9.17, 15) is 0 Å². The standard InChI is InChI=1S/C13H30N2/c1-10(2)15-12(5,6)9-11(3,4)13(7,8)14/h10,15H,9,14H2,1-8H3. The van der Waals surface area contributed by atoms with E-state index in [1.807, 2.05) is 0 Å². The molecule has 0 aromatic rings. The summed E-state index contributed by atoms with van der Waals surface area (Å²) in [5.74, 6) is 0. The first-order valence-electron chi connectivity index (χ1n) is 5.94. The number of nitrogens with two attached hydrogens (primary N) is 1. The van der Waals surface area contributed by atoms with E-state index in [4.69, 9.17) is 5.73 Å². The molecule has 2 nitrogen and oxygen atoms in total. The lowest BCUT2D eigenvalue weighted by Gasteiger charge is -2.44. The molecule has 0 spiro atoms. The van der Waals surface area contributed by atoms with Crippen LogP contribution in [-0.4, -0.2) is 17.1 Å². The lowest BCUT2D eigenvalue weighted by molar-refractivity contribution is 0.130. The van der Waals surface area contributed by atoms with Crippen LogP contribution in [0.4, 0.5) is 0 Å². The molecule has 0 aliphatic heterocycles. The normalized spacial score (nSPS) is 14.8. The van der Waals surface area contributed by atoms with Crippen LogP contribution in [0.15, 0.2) is 0 Å². The quantitative estimate of drug-likeness (QED) is 0.738. The minimum atomic E-state index is -0.150. The van der Waals surface area contributed by atoms with Gasteiger partial charge in [-0.3, -0.25) is 0 Å². The van der Waals surface area contributed by atoms with Gasteiger partial charge in [0.1, 0.15) is 0 Å². The molecule has 0 saturated heterocycles. The SMILES string of the molecule is CC(C)NC(C)(C)CC(C)(C)C(C)(C)N. The molecule has 0 bridgehead atoms. The Morgan fingerprint density at radius 1 is 1.00 bits per heavy atom. The van der Waals surface area contributed by atoms with Gasteiger partial charge < -0.3 is 11.1 Å². The summed E-state index contributed by atoms with van der Waals surface area (Å²) in [6.07, 6.45) is 1.07. The van der Waals surface area contributed by atoms with E-state index in [0.29, 0.717) is 6.04 Å². The number of rotatable bonds is 5. The van der Waals surface area contributed by atoms with Crippen molar-refractivity contribution in [3.8, 4) is 0 Å². The van der Waals surface area contributed by atoms with Gasteiger partial charge in [0.25, 0.3) is 0 Å². The zero-order valence-corrected chi connectivity index (χ0v) is 11.9. The highest BCUT2D eigenvalue weighted by Gasteiger charge is 2.38. The highest BCUT2D eigenvalue weighted by Crippen LogP contribution is 2.36. The van der Waals surface area contributed by atoms with Gasteiger partial charge in [0, 0.05) is 17.1 Å². The van der Waals surface area contributed by atoms with Crippen molar-refractivity contribution in [1.29, 1.82) is 0 Å². The third kappa shape index (κ3) is 4.98. The number of nitrogens with one attached hydrogen (secondary N) is 1. The largest absolute Gasteiger partial charge is 0.325 e. The van der Waals surface area contributed by atoms with E-state index >= 15 is 0 Å². The average molecular weight is 214 g/mol. The third-order valence-corrected chi connectivity index (χ3v) is 3.31. The Hall–Kier alpha value is -0.0800. The van der Waals surface area contributed by atoms with Crippen LogP contribution in [0.3, 0.4) is 0 Å². The van der Waals surface area contributed by atoms with Crippen molar-refractivity contribution in [3.05, 3.63) is 0 Å². The zero-order valence-electron chi connectivity index (χ0n) is 11.9. The monoisotopic (exact) mass is 214 g/mol. The van der Waals surface area contributed by atoms with Gasteiger partial charge in [0.05, 0.1) is 0 Å². The second-order valence-corrected chi connectivity index (χ2v) is 6.97. The Labute approximate surface area is 96.0 Å². The van der Waals surface area contributed by atoms with Crippen molar-refractivity contribution in [2.24, 2.45) is 11.1 Å². The fourth-order valence-corrected chi connectivity index (χ4v) is 2.17. The van der Waals surface area contributed by atoms with Crippen LogP contribution in [0.1, 0.15) is 61.8 Å². The first kappa shape index (κ1) is 14.9. The Balaban J connectivity index is 4.57. The van der Waals surface area contributed by atoms with E-state index in [1.165, 1.54) is 0 Å². The van der Waals surface area contributed by atoms with Gasteiger partial charge in [-0.1, -0.05) is 27.7 Å². The van der Waals surface area contributed by atoms with Crippen LogP contribution < -0.4 is 11.1 Å². The first-order chi connectivity index (χ1) is 6.37. The molecule has 0 heterocycles. The zero-order chi connectivity index (χ0) is 12.5. The highest BCUT2D eigenvalue weighted by atomic mass is 15.0. The van der Waals surface area contributed by atoms with E-state index in [1.54, 1.807) is 0 Å². The molecule has 0 aliphatic carbocycles. The van der Waals surface area contributed by atoms with Gasteiger partial charge >= 0.3 is 0 Å². The fourth-order valence-electron chi connectivity index (χ4n) is 2.17. The summed E-state index contributed by atoms with van der Waals surface area (Å²) in [6, 6.07) is 0.511. The highest BCUT2D eigenvalue weighted by molar-refractivity contribution is 4.96. The van der Waals surface area contributed by atoms with Gasteiger partial charge in [0.2, 0.25) is 0 Å². The first-order valence-corrected chi connectivity index (χ1v) is 5.94. The summed E-state index contributed by atoms with van der Waals surface area (Å²) in [6.45, 7) is 17.6. The predicted molar refractivity (Wildman–Crippen MR) is 69.0 cm³/mol. The molecular formula is C13H30N2. The Kier molecular flexibility index (Phi) is 4.40. The summed E-state index contributed by atoms with van der Waals surface area (Å²) >= 11 is 0. The van der Waals surface area contributed by atoms with E-state index < -0.39 is 0 Å². The molecule has 0 aliphatic rings. The van der Waals surface area contributed by atoms with Crippen LogP contribution in [-0.2, 0) is 0 Å². The number of hydrogen-bond donors (Lipinski definition) is 2. The van der Waals surface area contributed by atoms with Crippen LogP contribution in [0.25, 0.3) is 0 Å². The molecule has 92 valence electrons. The van der Waals surface area contributed by atoms with Crippen molar-refractivity contribution in [2.75, 3.05) is 0 Å². The molecule has 0 saturated carbocycles. The molecule has 0 unspecified atom stereocenters. The Bertz CT molecular complexity index is 197. The summed E-state index contributed by atoms with van der Waals surface area (Å²) in [4.78, 5) is 0. The lowest BCUT2D eigenvalue weighted by atomic mass is 9.68. The second kappa shape index (κ2) is 4.42. The van der Waals surface area contributed by atoms with Gasteiger partial charge in [-0.25, -0.2) is 0 Å². The summed E-state index contributed by atoms with van der Waals surface area (Å²) < 4.78 is 0. The van der Waals surface area contributed by atoms with Gasteiger partial charge in [-0.15, -0.1) is 0 Å². The predicted octanol–water partition coefficient (Wildman–Crippen LogP) is 2.92. The molecule has 2 heteroatoms. The summed E-state index contributed by atoms with van der Waals surface area (Å²) in [7, 11) is 0. The van der Waals surface area contributed by atoms with Crippen molar-refractivity contribution in [3.63, 3.8) is 0 Å². The maximum Gasteiger partial charge on any atom is 0.0149 e. The van der Waals surface area contributed by atoms with Crippen molar-refractivity contribution in [1.82, 2.24) is 5.32 Å². The molecule has 0 aromatic heterocycles. The maximum atomic E-state index is 6.22. The van der Waals surface area contributed by atoms with Crippen molar-refractivity contribution >= 4 is 0 Å². The fraction of sp³-hybridized carbons (Fsp3) is 1.00. The van der Waals surface area contributed by atoms with Gasteiger partial charge in [0.15, 0.2) is 0 Å². The van der Waals surface area contributed by atoms with Gasteiger partial charge in [-0.05, 0) is 39.5 Å². The minimum absolute atomic E-state index is 0.123. The second-order valence-electron chi connectivity index (χ2n) is 6.97. The Morgan fingerprint density at radius 2 is 1.40 bits per heavy atom. The summed E-state index contributed by atoms with van der Waals surface area (Å²) in [5, 5.41) is 3.59. The minimum Gasteiger partial charge on any atom is -0.325 e. The van der Waals surface area contributed by atoms with Crippen LogP contribution in [0.5, 0.6) is 0 Å². The molecule has 0 aromatic carbocycles. The van der Waals surface area contributed by atoms with Crippen molar-refractivity contribution < 1.29 is 0 Å². The topological polar surface area (TPSA) is 38.0 Å². The molecule has 0 radical (unpaired) electrons. The Morgan fingerprint density at radius 3 is 1.67 bits per heavy atom. The average Bonchev–Trinajstić information content (AvgIpc) is 1.75. The molecule has 3 N–H and O–H groups in total. The van der Waals surface area contributed by atoms with Crippen LogP contribution in [0.2, 0.25) is 0 Å². The van der Waals surface area contributed by atoms with Crippen LogP contribution >= 0.6 is 0 Å². The third-order valence-electron chi connectivity index (χ3n) is 3.31. The van der Waals surface area contributed by atoms with Crippen molar-refractivity contribution in [2.45, 2.75) is 78.9 Å². The maximum absolute atomic E-state index is 6.22. The van der Waals surface area contributed by atoms with E-state index in [2.05, 4.69) is 60.7 Å². The lowest BCUT2D eigenvalue weighted by Crippen LogP contribution is -2.54. The number of hydrogen-bond acceptors (Lipinski definition) is 2. The smallest absolute Gasteiger partial charge is 0.0149 e. The summed E-state index contributed by atoms with van der Waals surface area (Å²) in [5.41, 5.74) is 6.33. The molecule has 0 fully saturated rings. The molecule has 0 amide bonds. The molecule has 15 heavy (non-hydrogen) atoms. The van der Waals surface area contributed by atoms with Crippen LogP contribution in [0, 0.1) is 5.41 Å². The molecular weight excluding hydrogens is 184 g/mol.